The molecule has 0 aliphatic carbocycles. The minimum atomic E-state index is -1.02. The number of benzene rings is 2. The number of halogens is 1. The minimum absolute atomic E-state index is 0.0238. The first-order valence-corrected chi connectivity index (χ1v) is 7.71. The molecular formula is C15H13ClO2S. The fourth-order valence-corrected chi connectivity index (χ4v) is 2.50. The summed E-state index contributed by atoms with van der Waals surface area (Å²) < 4.78 is 11.3. The van der Waals surface area contributed by atoms with Gasteiger partial charge >= 0.3 is 0 Å². The van der Waals surface area contributed by atoms with Crippen molar-refractivity contribution in [1.82, 2.24) is 0 Å². The number of Topliss-reactive ketones (excluding diaryl/α,β-unsaturated/α-hetero) is 1. The van der Waals surface area contributed by atoms with E-state index in [0.29, 0.717) is 17.0 Å². The zero-order chi connectivity index (χ0) is 13.8. The van der Waals surface area contributed by atoms with Gasteiger partial charge in [0.1, 0.15) is 0 Å². The van der Waals surface area contributed by atoms with E-state index < -0.39 is 10.8 Å². The third-order valence-electron chi connectivity index (χ3n) is 2.76. The van der Waals surface area contributed by atoms with Gasteiger partial charge in [-0.25, -0.2) is 0 Å². The molecule has 0 aromatic heterocycles. The second kappa shape index (κ2) is 6.13. The van der Waals surface area contributed by atoms with Gasteiger partial charge in [0.2, 0.25) is 0 Å². The molecule has 0 spiro atoms. The summed E-state index contributed by atoms with van der Waals surface area (Å²) in [4.78, 5) is 12.8. The van der Waals surface area contributed by atoms with E-state index >= 15 is 0 Å². The first-order valence-electron chi connectivity index (χ1n) is 5.77. The van der Waals surface area contributed by atoms with Crippen LogP contribution in [0.4, 0.5) is 0 Å². The average Bonchev–Trinajstić information content (AvgIpc) is 2.39. The van der Waals surface area contributed by atoms with Crippen molar-refractivity contribution in [3.63, 3.8) is 0 Å². The summed E-state index contributed by atoms with van der Waals surface area (Å²) in [7, 11) is -1.02. The van der Waals surface area contributed by atoms with Gasteiger partial charge in [-0.15, -0.1) is 0 Å². The molecule has 0 radical (unpaired) electrons. The third kappa shape index (κ3) is 3.75. The summed E-state index contributed by atoms with van der Waals surface area (Å²) in [5.74, 6) is 0.0238. The molecule has 0 amide bonds. The highest BCUT2D eigenvalue weighted by Gasteiger charge is 2.08. The van der Waals surface area contributed by atoms with Crippen LogP contribution in [0.1, 0.15) is 15.9 Å². The van der Waals surface area contributed by atoms with Gasteiger partial charge in [0.25, 0.3) is 0 Å². The normalized spacial score (nSPS) is 12.1. The minimum Gasteiger partial charge on any atom is -0.294 e. The smallest absolute Gasteiger partial charge is 0.167 e. The van der Waals surface area contributed by atoms with Crippen LogP contribution in [0.3, 0.4) is 0 Å². The molecule has 0 fully saturated rings. The quantitative estimate of drug-likeness (QED) is 0.808. The van der Waals surface area contributed by atoms with E-state index in [9.17, 15) is 9.00 Å². The van der Waals surface area contributed by atoms with E-state index in [1.807, 2.05) is 12.1 Å². The van der Waals surface area contributed by atoms with E-state index in [0.717, 1.165) is 10.5 Å². The Hall–Kier alpha value is -1.45. The molecule has 0 aliphatic rings. The van der Waals surface area contributed by atoms with Crippen LogP contribution in [0.2, 0.25) is 5.02 Å². The van der Waals surface area contributed by atoms with Crippen LogP contribution in [-0.2, 0) is 17.2 Å². The van der Waals surface area contributed by atoms with Gasteiger partial charge in [0.05, 0.1) is 0 Å². The lowest BCUT2D eigenvalue weighted by Gasteiger charge is -2.03. The van der Waals surface area contributed by atoms with Crippen molar-refractivity contribution >= 4 is 28.2 Å². The fourth-order valence-electron chi connectivity index (χ4n) is 1.77. The average molecular weight is 293 g/mol. The lowest BCUT2D eigenvalue weighted by Crippen LogP contribution is -2.03. The molecule has 4 heteroatoms. The van der Waals surface area contributed by atoms with Crippen LogP contribution in [0, 0.1) is 0 Å². The second-order valence-electron chi connectivity index (χ2n) is 4.21. The molecule has 2 aromatic carbocycles. The van der Waals surface area contributed by atoms with Crippen molar-refractivity contribution in [1.29, 1.82) is 0 Å². The molecule has 0 bridgehead atoms. The summed E-state index contributed by atoms with van der Waals surface area (Å²) >= 11 is 5.88. The van der Waals surface area contributed by atoms with Crippen molar-refractivity contribution < 1.29 is 9.00 Å². The van der Waals surface area contributed by atoms with Crippen LogP contribution >= 0.6 is 11.6 Å². The Morgan fingerprint density at radius 1 is 1.16 bits per heavy atom. The Labute approximate surface area is 119 Å². The van der Waals surface area contributed by atoms with E-state index in [1.54, 1.807) is 42.7 Å². The third-order valence-corrected chi connectivity index (χ3v) is 3.93. The zero-order valence-corrected chi connectivity index (χ0v) is 12.0. The lowest BCUT2D eigenvalue weighted by molar-refractivity contribution is 0.0993. The molecule has 0 saturated heterocycles. The summed E-state index contributed by atoms with van der Waals surface area (Å²) in [6.07, 6.45) is 1.93. The highest BCUT2D eigenvalue weighted by Crippen LogP contribution is 2.14. The monoisotopic (exact) mass is 292 g/mol. The first kappa shape index (κ1) is 14.0. The Morgan fingerprint density at radius 2 is 1.84 bits per heavy atom. The summed E-state index contributed by atoms with van der Waals surface area (Å²) in [6.45, 7) is 0. The van der Waals surface area contributed by atoms with Crippen molar-refractivity contribution in [3.05, 3.63) is 64.7 Å². The maximum absolute atomic E-state index is 12.1. The van der Waals surface area contributed by atoms with Gasteiger partial charge in [0, 0.05) is 39.0 Å². The molecule has 0 heterocycles. The standard InChI is InChI=1S/C15H13ClO2S/c1-19(18)14-7-5-12(6-8-14)15(17)10-11-3-2-4-13(16)9-11/h2-9H,10H2,1H3. The van der Waals surface area contributed by atoms with Crippen molar-refractivity contribution in [2.45, 2.75) is 11.3 Å². The van der Waals surface area contributed by atoms with Crippen LogP contribution in [0.25, 0.3) is 0 Å². The van der Waals surface area contributed by atoms with Gasteiger partial charge < -0.3 is 0 Å². The first-order chi connectivity index (χ1) is 9.06. The van der Waals surface area contributed by atoms with Crippen LogP contribution in [0.15, 0.2) is 53.4 Å². The van der Waals surface area contributed by atoms with Gasteiger partial charge in [-0.05, 0) is 29.8 Å². The number of carbonyl (C=O) groups excluding carboxylic acids is 1. The SMILES string of the molecule is CS(=O)c1ccc(C(=O)Cc2cccc(Cl)c2)cc1. The van der Waals surface area contributed by atoms with Crippen molar-refractivity contribution in [2.24, 2.45) is 0 Å². The second-order valence-corrected chi connectivity index (χ2v) is 6.02. The topological polar surface area (TPSA) is 34.1 Å². The van der Waals surface area contributed by atoms with E-state index in [2.05, 4.69) is 0 Å². The largest absolute Gasteiger partial charge is 0.294 e. The Kier molecular flexibility index (Phi) is 4.51. The predicted octanol–water partition coefficient (Wildman–Crippen LogP) is 3.50. The Bertz CT molecular complexity index is 620. The zero-order valence-electron chi connectivity index (χ0n) is 10.4. The number of hydrogen-bond acceptors (Lipinski definition) is 2. The molecule has 2 rings (SSSR count). The molecule has 0 saturated carbocycles. The molecule has 2 aromatic rings. The molecule has 1 atom stereocenters. The van der Waals surface area contributed by atoms with Gasteiger partial charge in [-0.2, -0.15) is 0 Å². The molecule has 1 unspecified atom stereocenters. The molecule has 19 heavy (non-hydrogen) atoms. The summed E-state index contributed by atoms with van der Waals surface area (Å²) in [5.41, 5.74) is 1.51. The highest BCUT2D eigenvalue weighted by molar-refractivity contribution is 7.84. The molecule has 98 valence electrons. The predicted molar refractivity (Wildman–Crippen MR) is 78.3 cm³/mol. The Morgan fingerprint density at radius 3 is 2.42 bits per heavy atom. The highest BCUT2D eigenvalue weighted by atomic mass is 35.5. The number of hydrogen-bond donors (Lipinski definition) is 0. The molecule has 0 aliphatic heterocycles. The lowest BCUT2D eigenvalue weighted by atomic mass is 10.0. The van der Waals surface area contributed by atoms with E-state index in [-0.39, 0.29) is 5.78 Å². The van der Waals surface area contributed by atoms with E-state index in [4.69, 9.17) is 11.6 Å². The van der Waals surface area contributed by atoms with Gasteiger partial charge in [0.15, 0.2) is 5.78 Å². The number of ketones is 1. The molecule has 2 nitrogen and oxygen atoms in total. The molecular weight excluding hydrogens is 280 g/mol. The van der Waals surface area contributed by atoms with Crippen molar-refractivity contribution in [2.75, 3.05) is 6.26 Å². The summed E-state index contributed by atoms with van der Waals surface area (Å²) in [6, 6.07) is 14.1. The van der Waals surface area contributed by atoms with Crippen LogP contribution in [-0.4, -0.2) is 16.2 Å². The van der Waals surface area contributed by atoms with Crippen LogP contribution in [0.5, 0.6) is 0 Å². The van der Waals surface area contributed by atoms with Crippen LogP contribution < -0.4 is 0 Å². The fraction of sp³-hybridized carbons (Fsp3) is 0.133. The van der Waals surface area contributed by atoms with Gasteiger partial charge in [-0.3, -0.25) is 9.00 Å². The maximum atomic E-state index is 12.1. The van der Waals surface area contributed by atoms with Gasteiger partial charge in [-0.1, -0.05) is 35.9 Å². The number of rotatable bonds is 4. The number of carbonyl (C=O) groups is 1. The summed E-state index contributed by atoms with van der Waals surface area (Å²) in [5, 5.41) is 0.627. The molecule has 0 N–H and O–H groups in total. The van der Waals surface area contributed by atoms with Crippen molar-refractivity contribution in [3.8, 4) is 0 Å². The maximum Gasteiger partial charge on any atom is 0.167 e. The Balaban J connectivity index is 2.14. The van der Waals surface area contributed by atoms with E-state index in [1.165, 1.54) is 0 Å².